The average Bonchev–Trinajstić information content (AvgIpc) is 1.99. The third-order valence-corrected chi connectivity index (χ3v) is 2.15. The van der Waals surface area contributed by atoms with E-state index in [1.54, 1.807) is 0 Å². The second kappa shape index (κ2) is 5.62. The highest BCUT2D eigenvalue weighted by Gasteiger charge is 2.04. The van der Waals surface area contributed by atoms with Crippen molar-refractivity contribution < 1.29 is 5.11 Å². The highest BCUT2D eigenvalue weighted by Crippen LogP contribution is 2.14. The van der Waals surface area contributed by atoms with Crippen LogP contribution in [0.15, 0.2) is 12.2 Å². The summed E-state index contributed by atoms with van der Waals surface area (Å²) in [4.78, 5) is 0. The van der Waals surface area contributed by atoms with E-state index in [1.165, 1.54) is 5.57 Å². The van der Waals surface area contributed by atoms with Gasteiger partial charge in [0.2, 0.25) is 0 Å². The van der Waals surface area contributed by atoms with Crippen LogP contribution in [0.3, 0.4) is 0 Å². The molecule has 0 radical (unpaired) electrons. The fourth-order valence-electron chi connectivity index (χ4n) is 0.718. The SMILES string of the molecule is C=C(CC[C@H](O)CCl)C(C)C. The van der Waals surface area contributed by atoms with Gasteiger partial charge in [0.25, 0.3) is 0 Å². The fraction of sp³-hybridized carbons (Fsp3) is 0.778. The van der Waals surface area contributed by atoms with E-state index in [4.69, 9.17) is 16.7 Å². The van der Waals surface area contributed by atoms with Gasteiger partial charge in [-0.1, -0.05) is 26.0 Å². The molecule has 0 saturated heterocycles. The molecule has 0 aromatic heterocycles. The second-order valence-corrected chi connectivity index (χ2v) is 3.47. The number of allylic oxidation sites excluding steroid dienone is 1. The number of rotatable bonds is 5. The largest absolute Gasteiger partial charge is 0.392 e. The summed E-state index contributed by atoms with van der Waals surface area (Å²) < 4.78 is 0. The van der Waals surface area contributed by atoms with Gasteiger partial charge in [0.15, 0.2) is 0 Å². The third-order valence-electron chi connectivity index (χ3n) is 1.79. The number of alkyl halides is 1. The maximum absolute atomic E-state index is 9.12. The van der Waals surface area contributed by atoms with Crippen molar-refractivity contribution in [3.63, 3.8) is 0 Å². The molecule has 0 spiro atoms. The first kappa shape index (κ1) is 11.0. The lowest BCUT2D eigenvalue weighted by molar-refractivity contribution is 0.187. The number of aliphatic hydroxyl groups is 1. The summed E-state index contributed by atoms with van der Waals surface area (Å²) in [5.74, 6) is 0.836. The van der Waals surface area contributed by atoms with E-state index in [2.05, 4.69) is 20.4 Å². The average molecular weight is 177 g/mol. The zero-order chi connectivity index (χ0) is 8.85. The van der Waals surface area contributed by atoms with Gasteiger partial charge >= 0.3 is 0 Å². The van der Waals surface area contributed by atoms with Crippen molar-refractivity contribution in [3.8, 4) is 0 Å². The molecule has 2 heteroatoms. The Morgan fingerprint density at radius 1 is 1.55 bits per heavy atom. The highest BCUT2D eigenvalue weighted by atomic mass is 35.5. The van der Waals surface area contributed by atoms with Gasteiger partial charge in [0, 0.05) is 5.88 Å². The first-order valence-corrected chi connectivity index (χ1v) is 4.53. The van der Waals surface area contributed by atoms with Crippen LogP contribution < -0.4 is 0 Å². The molecule has 0 aliphatic heterocycles. The van der Waals surface area contributed by atoms with E-state index in [0.717, 1.165) is 12.8 Å². The van der Waals surface area contributed by atoms with E-state index in [-0.39, 0.29) is 6.10 Å². The van der Waals surface area contributed by atoms with Crippen LogP contribution in [0.5, 0.6) is 0 Å². The minimum atomic E-state index is -0.368. The van der Waals surface area contributed by atoms with Crippen molar-refractivity contribution in [1.29, 1.82) is 0 Å². The standard InChI is InChI=1S/C9H17ClO/c1-7(2)8(3)4-5-9(11)6-10/h7,9,11H,3-6H2,1-2H3/t9-/m0/s1. The zero-order valence-electron chi connectivity index (χ0n) is 7.31. The number of hydrogen-bond acceptors (Lipinski definition) is 1. The molecule has 0 aliphatic rings. The van der Waals surface area contributed by atoms with Gasteiger partial charge in [0.1, 0.15) is 0 Å². The molecule has 66 valence electrons. The molecule has 1 nitrogen and oxygen atoms in total. The van der Waals surface area contributed by atoms with Crippen molar-refractivity contribution in [3.05, 3.63) is 12.2 Å². The van der Waals surface area contributed by atoms with Crippen molar-refractivity contribution in [2.45, 2.75) is 32.8 Å². The summed E-state index contributed by atoms with van der Waals surface area (Å²) in [6, 6.07) is 0. The molecule has 0 unspecified atom stereocenters. The van der Waals surface area contributed by atoms with Gasteiger partial charge in [0.05, 0.1) is 6.10 Å². The lowest BCUT2D eigenvalue weighted by Gasteiger charge is -2.11. The van der Waals surface area contributed by atoms with Crippen molar-refractivity contribution in [2.75, 3.05) is 5.88 Å². The minimum Gasteiger partial charge on any atom is -0.392 e. The zero-order valence-corrected chi connectivity index (χ0v) is 8.06. The Balaban J connectivity index is 3.46. The minimum absolute atomic E-state index is 0.325. The summed E-state index contributed by atoms with van der Waals surface area (Å²) in [5.41, 5.74) is 1.19. The molecule has 0 aliphatic carbocycles. The van der Waals surface area contributed by atoms with E-state index in [1.807, 2.05) is 0 Å². The Kier molecular flexibility index (Phi) is 5.61. The van der Waals surface area contributed by atoms with Crippen molar-refractivity contribution in [1.82, 2.24) is 0 Å². The van der Waals surface area contributed by atoms with Gasteiger partial charge in [-0.25, -0.2) is 0 Å². The Hall–Kier alpha value is -0.0100. The topological polar surface area (TPSA) is 20.2 Å². The second-order valence-electron chi connectivity index (χ2n) is 3.16. The van der Waals surface area contributed by atoms with Crippen molar-refractivity contribution in [2.24, 2.45) is 5.92 Å². The molecule has 0 aromatic carbocycles. The molecule has 0 aromatic rings. The summed E-state index contributed by atoms with van der Waals surface area (Å²) in [6.07, 6.45) is 1.25. The van der Waals surface area contributed by atoms with E-state index < -0.39 is 0 Å². The van der Waals surface area contributed by atoms with Crippen LogP contribution in [0.4, 0.5) is 0 Å². The molecule has 11 heavy (non-hydrogen) atoms. The van der Waals surface area contributed by atoms with Gasteiger partial charge in [-0.05, 0) is 18.8 Å². The van der Waals surface area contributed by atoms with Crippen LogP contribution >= 0.6 is 11.6 Å². The molecular weight excluding hydrogens is 160 g/mol. The van der Waals surface area contributed by atoms with Gasteiger partial charge in [-0.15, -0.1) is 11.6 Å². The summed E-state index contributed by atoms with van der Waals surface area (Å²) >= 11 is 5.44. The molecule has 0 fully saturated rings. The number of halogens is 1. The first-order chi connectivity index (χ1) is 5.07. The fourth-order valence-corrected chi connectivity index (χ4v) is 0.872. The van der Waals surface area contributed by atoms with E-state index >= 15 is 0 Å². The van der Waals surface area contributed by atoms with Gasteiger partial charge < -0.3 is 5.11 Å². The Labute approximate surface area is 74.1 Å². The number of aliphatic hydroxyl groups excluding tert-OH is 1. The molecule has 0 heterocycles. The lowest BCUT2D eigenvalue weighted by Crippen LogP contribution is -2.08. The molecule has 0 amide bonds. The molecular formula is C9H17ClO. The Bertz CT molecular complexity index is 121. The molecule has 1 atom stereocenters. The smallest absolute Gasteiger partial charge is 0.0678 e. The quantitative estimate of drug-likeness (QED) is 0.505. The predicted octanol–water partition coefficient (Wildman–Crippen LogP) is 2.58. The summed E-state index contributed by atoms with van der Waals surface area (Å²) in [6.45, 7) is 8.12. The maximum Gasteiger partial charge on any atom is 0.0678 e. The molecule has 1 N–H and O–H groups in total. The van der Waals surface area contributed by atoms with Gasteiger partial charge in [-0.3, -0.25) is 0 Å². The molecule has 0 bridgehead atoms. The molecule has 0 rings (SSSR count). The van der Waals surface area contributed by atoms with E-state index in [0.29, 0.717) is 11.8 Å². The van der Waals surface area contributed by atoms with E-state index in [9.17, 15) is 0 Å². The monoisotopic (exact) mass is 176 g/mol. The first-order valence-electron chi connectivity index (χ1n) is 3.99. The van der Waals surface area contributed by atoms with Crippen LogP contribution in [-0.4, -0.2) is 17.1 Å². The third kappa shape index (κ3) is 5.28. The number of hydrogen-bond donors (Lipinski definition) is 1. The van der Waals surface area contributed by atoms with Crippen LogP contribution in [0, 0.1) is 5.92 Å². The summed E-state index contributed by atoms with van der Waals surface area (Å²) in [5, 5.41) is 9.12. The van der Waals surface area contributed by atoms with Gasteiger partial charge in [-0.2, -0.15) is 0 Å². The maximum atomic E-state index is 9.12. The highest BCUT2D eigenvalue weighted by molar-refractivity contribution is 6.18. The van der Waals surface area contributed by atoms with Crippen molar-refractivity contribution >= 4 is 11.6 Å². The molecule has 0 saturated carbocycles. The van der Waals surface area contributed by atoms with Crippen LogP contribution in [0.25, 0.3) is 0 Å². The normalized spacial score (nSPS) is 13.5. The lowest BCUT2D eigenvalue weighted by atomic mass is 9.99. The van der Waals surface area contributed by atoms with Crippen LogP contribution in [-0.2, 0) is 0 Å². The van der Waals surface area contributed by atoms with Crippen LogP contribution in [0.2, 0.25) is 0 Å². The Morgan fingerprint density at radius 2 is 2.09 bits per heavy atom. The Morgan fingerprint density at radius 3 is 2.45 bits per heavy atom. The predicted molar refractivity (Wildman–Crippen MR) is 49.9 cm³/mol. The summed E-state index contributed by atoms with van der Waals surface area (Å²) in [7, 11) is 0. The van der Waals surface area contributed by atoms with Crippen LogP contribution in [0.1, 0.15) is 26.7 Å².